The van der Waals surface area contributed by atoms with Crippen LogP contribution in [0.5, 0.6) is 0 Å². The zero-order valence-corrected chi connectivity index (χ0v) is 10.7. The van der Waals surface area contributed by atoms with Crippen molar-refractivity contribution in [2.45, 2.75) is 12.5 Å². The minimum Gasteiger partial charge on any atom is -0.479 e. The first-order valence-corrected chi connectivity index (χ1v) is 5.69. The lowest BCUT2D eigenvalue weighted by molar-refractivity contribution is -0.385. The topological polar surface area (TPSA) is 143 Å². The van der Waals surface area contributed by atoms with E-state index in [2.05, 4.69) is 10.3 Å². The third kappa shape index (κ3) is 4.14. The Kier molecular flexibility index (Phi) is 5.35. The fourth-order valence-corrected chi connectivity index (χ4v) is 1.43. The summed E-state index contributed by atoms with van der Waals surface area (Å²) in [7, 11) is 0. The maximum absolute atomic E-state index is 11.7. The first-order chi connectivity index (χ1) is 9.32. The van der Waals surface area contributed by atoms with E-state index in [9.17, 15) is 19.7 Å². The normalized spacial score (nSPS) is 11.7. The number of carbonyl (C=O) groups excluding carboxylic acids is 1. The zero-order valence-electron chi connectivity index (χ0n) is 9.95. The van der Waals surface area contributed by atoms with Gasteiger partial charge in [0.15, 0.2) is 6.10 Å². The summed E-state index contributed by atoms with van der Waals surface area (Å²) < 4.78 is 0. The van der Waals surface area contributed by atoms with Crippen LogP contribution in [-0.4, -0.2) is 44.6 Å². The second-order valence-electron chi connectivity index (χ2n) is 3.69. The van der Waals surface area contributed by atoms with Gasteiger partial charge in [-0.3, -0.25) is 14.9 Å². The Balaban J connectivity index is 2.70. The van der Waals surface area contributed by atoms with Crippen molar-refractivity contribution in [2.24, 2.45) is 0 Å². The van der Waals surface area contributed by atoms with E-state index in [0.717, 1.165) is 12.3 Å². The number of nitrogens with zero attached hydrogens (tertiary/aromatic N) is 2. The van der Waals surface area contributed by atoms with Gasteiger partial charge in [0.2, 0.25) is 0 Å². The Hall–Kier alpha value is -2.26. The van der Waals surface area contributed by atoms with E-state index in [1.165, 1.54) is 0 Å². The second kappa shape index (κ2) is 6.78. The molecule has 0 saturated heterocycles. The lowest BCUT2D eigenvalue weighted by Crippen LogP contribution is -2.30. The number of hydrogen-bond donors (Lipinski definition) is 3. The average Bonchev–Trinajstić information content (AvgIpc) is 2.38. The first kappa shape index (κ1) is 15.8. The number of aliphatic hydroxyl groups excluding tert-OH is 1. The summed E-state index contributed by atoms with van der Waals surface area (Å²) in [6.07, 6.45) is -0.900. The van der Waals surface area contributed by atoms with Crippen molar-refractivity contribution in [2.75, 3.05) is 6.54 Å². The van der Waals surface area contributed by atoms with Crippen molar-refractivity contribution in [3.63, 3.8) is 0 Å². The molecule has 1 aromatic heterocycles. The molecular weight excluding hydrogens is 294 g/mol. The number of nitro groups is 1. The van der Waals surface area contributed by atoms with Gasteiger partial charge in [0.25, 0.3) is 11.6 Å². The summed E-state index contributed by atoms with van der Waals surface area (Å²) in [6.45, 7) is -0.134. The minimum absolute atomic E-state index is 0.134. The summed E-state index contributed by atoms with van der Waals surface area (Å²) in [5.74, 6) is -2.15. The molecular formula is C10H10ClN3O6. The van der Waals surface area contributed by atoms with Crippen molar-refractivity contribution >= 4 is 29.2 Å². The molecule has 1 amide bonds. The van der Waals surface area contributed by atoms with Gasteiger partial charge in [-0.15, -0.1) is 0 Å². The van der Waals surface area contributed by atoms with Crippen LogP contribution in [-0.2, 0) is 4.79 Å². The molecule has 20 heavy (non-hydrogen) atoms. The Morgan fingerprint density at radius 1 is 1.55 bits per heavy atom. The van der Waals surface area contributed by atoms with Crippen LogP contribution in [0.25, 0.3) is 0 Å². The number of aliphatic carboxylic acids is 1. The molecule has 1 heterocycles. The number of aromatic nitrogens is 1. The molecule has 0 aliphatic heterocycles. The monoisotopic (exact) mass is 303 g/mol. The number of pyridine rings is 1. The second-order valence-corrected chi connectivity index (χ2v) is 4.05. The van der Waals surface area contributed by atoms with Crippen LogP contribution in [0.1, 0.15) is 16.8 Å². The van der Waals surface area contributed by atoms with Gasteiger partial charge in [-0.05, 0) is 0 Å². The molecule has 0 radical (unpaired) electrons. The molecule has 1 aromatic rings. The molecule has 3 N–H and O–H groups in total. The quantitative estimate of drug-likeness (QED) is 0.387. The molecule has 1 atom stereocenters. The van der Waals surface area contributed by atoms with Gasteiger partial charge in [-0.25, -0.2) is 9.78 Å². The van der Waals surface area contributed by atoms with Gasteiger partial charge in [0, 0.05) is 19.0 Å². The summed E-state index contributed by atoms with van der Waals surface area (Å²) in [5, 5.41) is 30.1. The fraction of sp³-hybridized carbons (Fsp3) is 0.300. The number of nitrogens with one attached hydrogen (secondary N) is 1. The molecule has 0 bridgehead atoms. The van der Waals surface area contributed by atoms with E-state index >= 15 is 0 Å². The highest BCUT2D eigenvalue weighted by Crippen LogP contribution is 2.18. The third-order valence-electron chi connectivity index (χ3n) is 2.27. The van der Waals surface area contributed by atoms with E-state index in [4.69, 9.17) is 21.8 Å². The third-order valence-corrected chi connectivity index (χ3v) is 2.57. The predicted molar refractivity (Wildman–Crippen MR) is 66.5 cm³/mol. The molecule has 0 saturated carbocycles. The number of amides is 1. The molecule has 0 aliphatic rings. The molecule has 108 valence electrons. The zero-order chi connectivity index (χ0) is 15.3. The number of carbonyl (C=O) groups is 2. The lowest BCUT2D eigenvalue weighted by atomic mass is 10.2. The van der Waals surface area contributed by atoms with Crippen molar-refractivity contribution in [3.05, 3.63) is 33.1 Å². The molecule has 0 aromatic carbocycles. The van der Waals surface area contributed by atoms with Gasteiger partial charge in [0.05, 0.1) is 10.5 Å². The summed E-state index contributed by atoms with van der Waals surface area (Å²) in [4.78, 5) is 35.4. The number of hydrogen-bond acceptors (Lipinski definition) is 6. The highest BCUT2D eigenvalue weighted by atomic mass is 35.5. The lowest BCUT2D eigenvalue weighted by Gasteiger charge is -2.08. The van der Waals surface area contributed by atoms with Crippen molar-refractivity contribution in [1.82, 2.24) is 10.3 Å². The molecule has 9 nitrogen and oxygen atoms in total. The van der Waals surface area contributed by atoms with Crippen LogP contribution in [0.2, 0.25) is 5.15 Å². The molecule has 1 unspecified atom stereocenters. The SMILES string of the molecule is O=C(NCCC(O)C(=O)O)c1cc([N+](=O)[O-])cnc1Cl. The minimum atomic E-state index is -1.60. The molecule has 10 heteroatoms. The first-order valence-electron chi connectivity index (χ1n) is 5.32. The molecule has 1 rings (SSSR count). The van der Waals surface area contributed by atoms with Crippen LogP contribution >= 0.6 is 11.6 Å². The highest BCUT2D eigenvalue weighted by molar-refractivity contribution is 6.32. The van der Waals surface area contributed by atoms with Crippen molar-refractivity contribution in [1.29, 1.82) is 0 Å². The average molecular weight is 304 g/mol. The van der Waals surface area contributed by atoms with E-state index in [1.807, 2.05) is 0 Å². The van der Waals surface area contributed by atoms with Crippen molar-refractivity contribution < 1.29 is 24.7 Å². The summed E-state index contributed by atoms with van der Waals surface area (Å²) in [5.41, 5.74) is -0.601. The van der Waals surface area contributed by atoms with Crippen LogP contribution in [0, 0.1) is 10.1 Å². The maximum atomic E-state index is 11.7. The number of halogens is 1. The summed E-state index contributed by atoms with van der Waals surface area (Å²) in [6, 6.07) is 0.957. The van der Waals surface area contributed by atoms with Crippen molar-refractivity contribution in [3.8, 4) is 0 Å². The molecule has 0 aliphatic carbocycles. The fourth-order valence-electron chi connectivity index (χ4n) is 1.24. The molecule has 0 spiro atoms. The van der Waals surface area contributed by atoms with Gasteiger partial charge in [0.1, 0.15) is 11.3 Å². The Morgan fingerprint density at radius 3 is 2.75 bits per heavy atom. The van der Waals surface area contributed by atoms with Gasteiger partial charge in [-0.2, -0.15) is 0 Å². The van der Waals surface area contributed by atoms with E-state index in [-0.39, 0.29) is 23.7 Å². The van der Waals surface area contributed by atoms with Crippen LogP contribution in [0.3, 0.4) is 0 Å². The largest absolute Gasteiger partial charge is 0.479 e. The maximum Gasteiger partial charge on any atom is 0.332 e. The Morgan fingerprint density at radius 2 is 2.20 bits per heavy atom. The number of carboxylic acid groups (broad SMARTS) is 1. The molecule has 0 fully saturated rings. The predicted octanol–water partition coefficient (Wildman–Crippen LogP) is 0.209. The van der Waals surface area contributed by atoms with E-state index in [0.29, 0.717) is 0 Å². The van der Waals surface area contributed by atoms with Crippen LogP contribution in [0.15, 0.2) is 12.3 Å². The standard InChI is InChI=1S/C10H10ClN3O6/c11-8-6(3-5(4-13-8)14(19)20)9(16)12-2-1-7(15)10(17)18/h3-4,7,15H,1-2H2,(H,12,16)(H,17,18). The Labute approximate surface area is 117 Å². The smallest absolute Gasteiger partial charge is 0.332 e. The number of rotatable bonds is 6. The number of aliphatic hydroxyl groups is 1. The van der Waals surface area contributed by atoms with Gasteiger partial charge < -0.3 is 15.5 Å². The Bertz CT molecular complexity index is 550. The van der Waals surface area contributed by atoms with Crippen LogP contribution < -0.4 is 5.32 Å². The van der Waals surface area contributed by atoms with E-state index < -0.39 is 28.6 Å². The van der Waals surface area contributed by atoms with Gasteiger partial charge >= 0.3 is 5.97 Å². The highest BCUT2D eigenvalue weighted by Gasteiger charge is 2.18. The summed E-state index contributed by atoms with van der Waals surface area (Å²) >= 11 is 5.65. The van der Waals surface area contributed by atoms with Gasteiger partial charge in [-0.1, -0.05) is 11.6 Å². The van der Waals surface area contributed by atoms with Crippen LogP contribution in [0.4, 0.5) is 5.69 Å². The number of carboxylic acids is 1. The van der Waals surface area contributed by atoms with E-state index in [1.54, 1.807) is 0 Å².